The van der Waals surface area contributed by atoms with Gasteiger partial charge in [-0.2, -0.15) is 0 Å². The lowest BCUT2D eigenvalue weighted by Gasteiger charge is -2.38. The highest BCUT2D eigenvalue weighted by Crippen LogP contribution is 2.24. The van der Waals surface area contributed by atoms with Gasteiger partial charge in [-0.15, -0.1) is 6.58 Å². The largest absolute Gasteiger partial charge is 0.465 e. The Labute approximate surface area is 317 Å². The summed E-state index contributed by atoms with van der Waals surface area (Å²) in [5.41, 5.74) is -1.46. The number of aliphatic hydroxyl groups is 6. The van der Waals surface area contributed by atoms with E-state index in [1.807, 2.05) is 13.8 Å². The number of hydrogen-bond donors (Lipinski definition) is 8. The summed E-state index contributed by atoms with van der Waals surface area (Å²) in [5.74, 6) is -1.80. The van der Waals surface area contributed by atoms with Crippen LogP contribution in [0.25, 0.3) is 0 Å². The van der Waals surface area contributed by atoms with Crippen molar-refractivity contribution in [3.63, 3.8) is 0 Å². The molecule has 8 N–H and O–H groups in total. The van der Waals surface area contributed by atoms with Crippen LogP contribution in [0.1, 0.15) is 73.1 Å². The summed E-state index contributed by atoms with van der Waals surface area (Å²) in [6.45, 7) is 12.3. The summed E-state index contributed by atoms with van der Waals surface area (Å²) >= 11 is 0. The van der Waals surface area contributed by atoms with Gasteiger partial charge < -0.3 is 74.4 Å². The van der Waals surface area contributed by atoms with Gasteiger partial charge >= 0.3 is 17.9 Å². The molecule has 54 heavy (non-hydrogen) atoms. The van der Waals surface area contributed by atoms with Crippen molar-refractivity contribution >= 4 is 17.9 Å². The van der Waals surface area contributed by atoms with Crippen molar-refractivity contribution in [1.82, 2.24) is 10.6 Å². The number of allylic oxidation sites excluding steroid dienone is 1. The van der Waals surface area contributed by atoms with Gasteiger partial charge in [-0.1, -0.05) is 6.08 Å². The molecule has 2 rings (SSSR count). The molecule has 0 aliphatic carbocycles. The van der Waals surface area contributed by atoms with Gasteiger partial charge in [0, 0.05) is 38.0 Å². The molecule has 2 aliphatic rings. The first-order valence-electron chi connectivity index (χ1n) is 18.7. The summed E-state index contributed by atoms with van der Waals surface area (Å²) in [7, 11) is 0. The maximum Gasteiger partial charge on any atom is 0.318 e. The van der Waals surface area contributed by atoms with E-state index in [9.17, 15) is 45.0 Å². The number of hydrogen-bond acceptors (Lipinski definition) is 18. The molecular weight excluding hydrogens is 716 g/mol. The molecule has 0 aromatic rings. The highest BCUT2D eigenvalue weighted by Gasteiger charge is 2.43. The van der Waals surface area contributed by atoms with Gasteiger partial charge in [-0.05, 0) is 60.3 Å². The Hall–Kier alpha value is -2.33. The zero-order valence-corrected chi connectivity index (χ0v) is 32.2. The molecule has 0 radical (unpaired) electrons. The van der Waals surface area contributed by atoms with Gasteiger partial charge in [0.15, 0.2) is 12.6 Å². The van der Waals surface area contributed by atoms with Crippen LogP contribution < -0.4 is 10.6 Å². The maximum atomic E-state index is 13.1. The summed E-state index contributed by atoms with van der Waals surface area (Å²) < 4.78 is 38.1. The third-order valence-corrected chi connectivity index (χ3v) is 9.32. The number of ether oxygens (including phenoxy) is 7. The molecular formula is C36H64N2O16. The molecule has 0 aromatic carbocycles. The van der Waals surface area contributed by atoms with Gasteiger partial charge in [-0.25, -0.2) is 0 Å². The van der Waals surface area contributed by atoms with Crippen LogP contribution in [-0.4, -0.2) is 168 Å². The highest BCUT2D eigenvalue weighted by atomic mass is 16.7. The molecule has 12 atom stereocenters. The monoisotopic (exact) mass is 780 g/mol. The van der Waals surface area contributed by atoms with Gasteiger partial charge in [0.25, 0.3) is 0 Å². The lowest BCUT2D eigenvalue weighted by molar-refractivity contribution is -0.292. The summed E-state index contributed by atoms with van der Waals surface area (Å²) in [4.78, 5) is 38.4. The Morgan fingerprint density at radius 2 is 1.13 bits per heavy atom. The molecule has 18 heteroatoms. The van der Waals surface area contributed by atoms with E-state index in [-0.39, 0.29) is 58.0 Å². The average molecular weight is 781 g/mol. The average Bonchev–Trinajstić information content (AvgIpc) is 3.15. The molecule has 18 nitrogen and oxygen atoms in total. The van der Waals surface area contributed by atoms with E-state index in [2.05, 4.69) is 17.2 Å². The topological polar surface area (TPSA) is 261 Å². The second kappa shape index (κ2) is 24.3. The maximum absolute atomic E-state index is 13.1. The van der Waals surface area contributed by atoms with E-state index >= 15 is 0 Å². The minimum atomic E-state index is -1.46. The molecule has 2 unspecified atom stereocenters. The smallest absolute Gasteiger partial charge is 0.318 e. The van der Waals surface area contributed by atoms with Gasteiger partial charge in [0.1, 0.15) is 55.3 Å². The molecule has 2 fully saturated rings. The van der Waals surface area contributed by atoms with E-state index in [0.29, 0.717) is 38.8 Å². The molecule has 0 spiro atoms. The van der Waals surface area contributed by atoms with Crippen LogP contribution in [0.4, 0.5) is 0 Å². The number of aliphatic hydroxyl groups excluding tert-OH is 6. The van der Waals surface area contributed by atoms with E-state index in [1.54, 1.807) is 19.9 Å². The van der Waals surface area contributed by atoms with Crippen LogP contribution in [0, 0.1) is 5.41 Å². The Morgan fingerprint density at radius 1 is 0.704 bits per heavy atom. The quantitative estimate of drug-likeness (QED) is 0.0234. The van der Waals surface area contributed by atoms with Crippen LogP contribution in [0.2, 0.25) is 0 Å². The summed E-state index contributed by atoms with van der Waals surface area (Å²) in [5, 5.41) is 65.9. The minimum absolute atomic E-state index is 0.0275. The van der Waals surface area contributed by atoms with Crippen molar-refractivity contribution in [2.24, 2.45) is 5.41 Å². The molecule has 0 aromatic heterocycles. The zero-order valence-electron chi connectivity index (χ0n) is 32.2. The first-order valence-corrected chi connectivity index (χ1v) is 18.7. The SMILES string of the molecule is C=CCCCOC(=O)C(C)(COC(=O)CCC(C)NCCO[C@@H]1O[C@@H](C)[C@@H](O)[C@@H](O)[C@@H]1O)COC(=O)CCC(C)NCCO[C@@H]1O[C@@H](C)[C@@H](O)[C@@H](O)[C@@H]1O. The Balaban J connectivity index is 1.73. The molecule has 0 amide bonds. The van der Waals surface area contributed by atoms with Crippen LogP contribution in [-0.2, 0) is 47.5 Å². The van der Waals surface area contributed by atoms with Gasteiger partial charge in [0.2, 0.25) is 0 Å². The first kappa shape index (κ1) is 47.8. The molecule has 0 bridgehead atoms. The highest BCUT2D eigenvalue weighted by molar-refractivity contribution is 5.78. The Morgan fingerprint density at radius 3 is 1.54 bits per heavy atom. The molecule has 314 valence electrons. The molecule has 2 saturated heterocycles. The lowest BCUT2D eigenvalue weighted by atomic mass is 9.93. The summed E-state index contributed by atoms with van der Waals surface area (Å²) in [6, 6.07) is -0.272. The molecule has 0 saturated carbocycles. The van der Waals surface area contributed by atoms with Crippen molar-refractivity contribution in [2.75, 3.05) is 46.1 Å². The standard InChI is InChI=1S/C36H64N2O16/c1-7-8-9-16-50-35(47)36(6,19-51-25(39)12-10-21(2)37-14-17-48-33-31(45)29(43)27(41)23(4)53-33)20-52-26(40)13-11-22(3)38-15-18-49-34-32(46)30(44)28(42)24(5)54-34/h7,21-24,27-34,37-38,41-46H,1,8-20H2,2-6H3/t21?,22?,23-,24-,27+,28+,29+,30+,31-,32-,33+,34+,36?/m0/s1. The first-order chi connectivity index (χ1) is 25.5. The number of nitrogens with one attached hydrogen (secondary N) is 2. The minimum Gasteiger partial charge on any atom is -0.465 e. The Kier molecular flexibility index (Phi) is 21.6. The van der Waals surface area contributed by atoms with Crippen LogP contribution in [0.3, 0.4) is 0 Å². The number of esters is 3. The fourth-order valence-corrected chi connectivity index (χ4v) is 5.49. The number of carbonyl (C=O) groups is 3. The van der Waals surface area contributed by atoms with Gasteiger partial charge in [0.05, 0.1) is 32.0 Å². The number of carbonyl (C=O) groups excluding carboxylic acids is 3. The Bertz CT molecular complexity index is 1060. The van der Waals surface area contributed by atoms with Crippen molar-refractivity contribution in [1.29, 1.82) is 0 Å². The van der Waals surface area contributed by atoms with E-state index < -0.39 is 84.7 Å². The van der Waals surface area contributed by atoms with E-state index in [1.165, 1.54) is 6.92 Å². The summed E-state index contributed by atoms with van der Waals surface area (Å²) in [6.07, 6.45) is -7.91. The van der Waals surface area contributed by atoms with Crippen LogP contribution >= 0.6 is 0 Å². The lowest BCUT2D eigenvalue weighted by Crippen LogP contribution is -2.57. The van der Waals surface area contributed by atoms with Gasteiger partial charge in [-0.3, -0.25) is 14.4 Å². The predicted molar refractivity (Wildman–Crippen MR) is 190 cm³/mol. The normalized spacial score (nSPS) is 30.8. The fourth-order valence-electron chi connectivity index (χ4n) is 5.49. The number of rotatable bonds is 25. The number of unbranched alkanes of at least 4 members (excludes halogenated alkanes) is 1. The third-order valence-electron chi connectivity index (χ3n) is 9.32. The molecule has 2 aliphatic heterocycles. The van der Waals surface area contributed by atoms with Crippen molar-refractivity contribution in [3.05, 3.63) is 12.7 Å². The van der Waals surface area contributed by atoms with E-state index in [4.69, 9.17) is 33.2 Å². The van der Waals surface area contributed by atoms with Crippen molar-refractivity contribution < 1.29 is 78.2 Å². The van der Waals surface area contributed by atoms with Crippen LogP contribution in [0.15, 0.2) is 12.7 Å². The third kappa shape index (κ3) is 16.0. The van der Waals surface area contributed by atoms with E-state index in [0.717, 1.165) is 0 Å². The van der Waals surface area contributed by atoms with Crippen molar-refractivity contribution in [2.45, 2.75) is 147 Å². The second-order valence-corrected chi connectivity index (χ2v) is 14.3. The second-order valence-electron chi connectivity index (χ2n) is 14.3. The predicted octanol–water partition coefficient (Wildman–Crippen LogP) is -1.21. The molecule has 2 heterocycles. The fraction of sp³-hybridized carbons (Fsp3) is 0.861. The zero-order chi connectivity index (χ0) is 40.4. The van der Waals surface area contributed by atoms with Crippen LogP contribution in [0.5, 0.6) is 0 Å². The van der Waals surface area contributed by atoms with Crippen molar-refractivity contribution in [3.8, 4) is 0 Å².